The van der Waals surface area contributed by atoms with Gasteiger partial charge in [-0.2, -0.15) is 0 Å². The van der Waals surface area contributed by atoms with Crippen LogP contribution in [0.5, 0.6) is 0 Å². The lowest BCUT2D eigenvalue weighted by Gasteiger charge is -2.61. The lowest BCUT2D eigenvalue weighted by atomic mass is 9.48. The minimum atomic E-state index is -0.882. The average Bonchev–Trinajstić information content (AvgIpc) is 2.54. The maximum absolute atomic E-state index is 12.0. The van der Waals surface area contributed by atoms with Gasteiger partial charge in [0.1, 0.15) is 11.7 Å². The van der Waals surface area contributed by atoms with Crippen LogP contribution in [0.4, 0.5) is 4.79 Å². The largest absolute Gasteiger partial charge is 0.509 e. The predicted octanol–water partition coefficient (Wildman–Crippen LogP) is 2.98. The Bertz CT molecular complexity index is 543. The second-order valence-corrected chi connectivity index (χ2v) is 7.02. The van der Waals surface area contributed by atoms with Gasteiger partial charge in [-0.15, -0.1) is 6.58 Å². The minimum Gasteiger partial charge on any atom is -0.427 e. The fourth-order valence-corrected chi connectivity index (χ4v) is 5.41. The van der Waals surface area contributed by atoms with E-state index in [1.165, 1.54) is 0 Å². The Balaban J connectivity index is 2.03. The van der Waals surface area contributed by atoms with Crippen LogP contribution in [0.2, 0.25) is 0 Å². The molecular weight excluding hydrogens is 256 g/mol. The van der Waals surface area contributed by atoms with E-state index in [-0.39, 0.29) is 23.0 Å². The normalized spacial score (nSPS) is 58.8. The molecule has 0 N–H and O–H groups in total. The Morgan fingerprint density at radius 1 is 1.25 bits per heavy atom. The predicted molar refractivity (Wildman–Crippen MR) is 72.1 cm³/mol. The molecule has 2 aliphatic heterocycles. The maximum atomic E-state index is 12.0. The molecule has 4 fully saturated rings. The summed E-state index contributed by atoms with van der Waals surface area (Å²) in [5, 5.41) is 0. The van der Waals surface area contributed by atoms with Crippen LogP contribution in [-0.4, -0.2) is 29.1 Å². The molecule has 4 heteroatoms. The van der Waals surface area contributed by atoms with Crippen molar-refractivity contribution < 1.29 is 19.0 Å². The number of fused-ring (bicyclic) bond motifs is 2. The highest BCUT2D eigenvalue weighted by Crippen LogP contribution is 2.71. The molecule has 6 unspecified atom stereocenters. The van der Waals surface area contributed by atoms with Crippen LogP contribution in [-0.2, 0) is 14.2 Å². The number of rotatable bonds is 2. The molecule has 2 aliphatic carbocycles. The van der Waals surface area contributed by atoms with Crippen LogP contribution < -0.4 is 0 Å². The second-order valence-electron chi connectivity index (χ2n) is 7.02. The highest BCUT2D eigenvalue weighted by Gasteiger charge is 2.82. The molecule has 2 saturated carbocycles. The standard InChI is InChI=1S/C16H20O4/c1-5-15-8-7-13(3)10(9-15)11-14(4,20-13)16(15,6-2)19-12(17)18-11/h5-6,10-11H,1-2,7-9H2,3-4H3. The number of hydrogen-bond donors (Lipinski definition) is 0. The van der Waals surface area contributed by atoms with Gasteiger partial charge in [0.2, 0.25) is 0 Å². The summed E-state index contributed by atoms with van der Waals surface area (Å²) >= 11 is 0. The van der Waals surface area contributed by atoms with E-state index in [0.29, 0.717) is 0 Å². The molecule has 108 valence electrons. The first kappa shape index (κ1) is 12.5. The van der Waals surface area contributed by atoms with Crippen molar-refractivity contribution in [3.05, 3.63) is 25.3 Å². The SMILES string of the molecule is C=CC12CCC3(C)OC4(C)C(OC(=O)OC14C=C)C3C2. The van der Waals surface area contributed by atoms with Crippen molar-refractivity contribution in [3.63, 3.8) is 0 Å². The molecule has 4 nitrogen and oxygen atoms in total. The minimum absolute atomic E-state index is 0.195. The number of hydrogen-bond acceptors (Lipinski definition) is 4. The van der Waals surface area contributed by atoms with Crippen molar-refractivity contribution in [2.24, 2.45) is 11.3 Å². The zero-order valence-corrected chi connectivity index (χ0v) is 12.0. The smallest absolute Gasteiger partial charge is 0.427 e. The Kier molecular flexibility index (Phi) is 1.95. The first-order chi connectivity index (χ1) is 9.36. The zero-order valence-electron chi connectivity index (χ0n) is 12.0. The van der Waals surface area contributed by atoms with Gasteiger partial charge < -0.3 is 14.2 Å². The van der Waals surface area contributed by atoms with Gasteiger partial charge in [0.25, 0.3) is 0 Å². The molecule has 6 atom stereocenters. The van der Waals surface area contributed by atoms with Gasteiger partial charge in [-0.1, -0.05) is 12.7 Å². The summed E-state index contributed by atoms with van der Waals surface area (Å²) in [6.07, 6.45) is 5.50. The van der Waals surface area contributed by atoms with E-state index in [4.69, 9.17) is 14.2 Å². The molecule has 2 heterocycles. The summed E-state index contributed by atoms with van der Waals surface area (Å²) in [6, 6.07) is 0. The van der Waals surface area contributed by atoms with E-state index < -0.39 is 17.4 Å². The second kappa shape index (κ2) is 3.14. The third-order valence-corrected chi connectivity index (χ3v) is 6.41. The third-order valence-electron chi connectivity index (χ3n) is 6.41. The van der Waals surface area contributed by atoms with E-state index in [0.717, 1.165) is 19.3 Å². The first-order valence-corrected chi connectivity index (χ1v) is 7.23. The van der Waals surface area contributed by atoms with Crippen LogP contribution in [0, 0.1) is 11.3 Å². The molecule has 0 amide bonds. The molecule has 20 heavy (non-hydrogen) atoms. The molecule has 4 aliphatic rings. The van der Waals surface area contributed by atoms with E-state index in [9.17, 15) is 4.79 Å². The quantitative estimate of drug-likeness (QED) is 0.574. The van der Waals surface area contributed by atoms with E-state index in [1.807, 2.05) is 13.0 Å². The number of ether oxygens (including phenoxy) is 3. The monoisotopic (exact) mass is 276 g/mol. The molecule has 0 aromatic carbocycles. The molecule has 0 aromatic heterocycles. The van der Waals surface area contributed by atoms with Gasteiger partial charge in [0, 0.05) is 11.3 Å². The first-order valence-electron chi connectivity index (χ1n) is 7.23. The van der Waals surface area contributed by atoms with Gasteiger partial charge in [-0.25, -0.2) is 4.79 Å². The lowest BCUT2D eigenvalue weighted by molar-refractivity contribution is -0.260. The van der Waals surface area contributed by atoms with Crippen molar-refractivity contribution in [1.29, 1.82) is 0 Å². The highest BCUT2D eigenvalue weighted by molar-refractivity contribution is 5.65. The van der Waals surface area contributed by atoms with Crippen LogP contribution in [0.1, 0.15) is 33.1 Å². The number of carbonyl (C=O) groups excluding carboxylic acids is 1. The summed E-state index contributed by atoms with van der Waals surface area (Å²) in [7, 11) is 0. The van der Waals surface area contributed by atoms with Crippen LogP contribution in [0.25, 0.3) is 0 Å². The molecular formula is C16H20O4. The summed E-state index contributed by atoms with van der Waals surface area (Å²) in [6.45, 7) is 12.1. The highest BCUT2D eigenvalue weighted by atomic mass is 16.8. The maximum Gasteiger partial charge on any atom is 0.509 e. The van der Waals surface area contributed by atoms with Crippen molar-refractivity contribution in [2.75, 3.05) is 0 Å². The van der Waals surface area contributed by atoms with E-state index >= 15 is 0 Å². The van der Waals surface area contributed by atoms with Crippen LogP contribution in [0.3, 0.4) is 0 Å². The van der Waals surface area contributed by atoms with Gasteiger partial charge in [-0.3, -0.25) is 0 Å². The van der Waals surface area contributed by atoms with Gasteiger partial charge >= 0.3 is 6.16 Å². The lowest BCUT2D eigenvalue weighted by Crippen LogP contribution is -2.74. The van der Waals surface area contributed by atoms with Crippen molar-refractivity contribution >= 4 is 6.16 Å². The summed E-state index contributed by atoms with van der Waals surface area (Å²) < 4.78 is 17.7. The topological polar surface area (TPSA) is 44.8 Å². The summed E-state index contributed by atoms with van der Waals surface area (Å²) in [5.41, 5.74) is -2.14. The van der Waals surface area contributed by atoms with E-state index in [1.54, 1.807) is 6.08 Å². The molecule has 4 rings (SSSR count). The Morgan fingerprint density at radius 3 is 2.65 bits per heavy atom. The Hall–Kier alpha value is -1.29. The summed E-state index contributed by atoms with van der Waals surface area (Å²) in [5.74, 6) is 0.195. The Morgan fingerprint density at radius 2 is 2.00 bits per heavy atom. The fourth-order valence-electron chi connectivity index (χ4n) is 5.41. The van der Waals surface area contributed by atoms with Gasteiger partial charge in [0.15, 0.2) is 5.60 Å². The van der Waals surface area contributed by atoms with Crippen LogP contribution in [0.15, 0.2) is 25.3 Å². The average molecular weight is 276 g/mol. The zero-order chi connectivity index (χ0) is 14.4. The third kappa shape index (κ3) is 0.955. The van der Waals surface area contributed by atoms with E-state index in [2.05, 4.69) is 20.1 Å². The fraction of sp³-hybridized carbons (Fsp3) is 0.688. The molecule has 2 saturated heterocycles. The molecule has 0 spiro atoms. The number of carbonyl (C=O) groups is 1. The Labute approximate surface area is 118 Å². The van der Waals surface area contributed by atoms with Crippen molar-refractivity contribution in [2.45, 2.75) is 56.0 Å². The summed E-state index contributed by atoms with van der Waals surface area (Å²) in [4.78, 5) is 12.0. The van der Waals surface area contributed by atoms with Gasteiger partial charge in [-0.05, 0) is 39.2 Å². The van der Waals surface area contributed by atoms with Gasteiger partial charge in [0.05, 0.1) is 5.60 Å². The molecule has 0 radical (unpaired) electrons. The van der Waals surface area contributed by atoms with Crippen molar-refractivity contribution in [1.82, 2.24) is 0 Å². The van der Waals surface area contributed by atoms with Crippen LogP contribution >= 0.6 is 0 Å². The molecule has 5 bridgehead atoms. The molecule has 0 aromatic rings. The van der Waals surface area contributed by atoms with Crippen molar-refractivity contribution in [3.8, 4) is 0 Å².